The first-order valence-corrected chi connectivity index (χ1v) is 17.2. The summed E-state index contributed by atoms with van der Waals surface area (Å²) in [6, 6.07) is 4.46. The number of hydrogen-bond donors (Lipinski definition) is 2. The van der Waals surface area contributed by atoms with Crippen molar-refractivity contribution in [2.24, 2.45) is 0 Å². The van der Waals surface area contributed by atoms with Gasteiger partial charge in [0.1, 0.15) is 11.6 Å². The Labute approximate surface area is 253 Å². The van der Waals surface area contributed by atoms with E-state index in [0.717, 1.165) is 75.8 Å². The lowest BCUT2D eigenvalue weighted by atomic mass is 9.91. The van der Waals surface area contributed by atoms with Crippen molar-refractivity contribution in [3.63, 3.8) is 0 Å². The van der Waals surface area contributed by atoms with Gasteiger partial charge < -0.3 is 19.9 Å². The van der Waals surface area contributed by atoms with Crippen LogP contribution in [-0.2, 0) is 29.7 Å². The molecule has 5 aliphatic rings. The highest BCUT2D eigenvalue weighted by molar-refractivity contribution is 7.89. The Balaban J connectivity index is 1.04. The topological polar surface area (TPSA) is 134 Å². The predicted molar refractivity (Wildman–Crippen MR) is 159 cm³/mol. The second kappa shape index (κ2) is 11.3. The number of sulfonamides is 1. The average Bonchev–Trinajstić information content (AvgIpc) is 3.77. The predicted octanol–water partition coefficient (Wildman–Crippen LogP) is 3.99. The number of anilines is 2. The minimum absolute atomic E-state index is 0.00170. The number of carbonyl (C=O) groups is 1. The number of phenolic OH excluding ortho intramolecular Hbond substituents is 1. The molecule has 7 rings (SSSR count). The molecule has 232 valence electrons. The van der Waals surface area contributed by atoms with Gasteiger partial charge in [-0.2, -0.15) is 9.29 Å². The summed E-state index contributed by atoms with van der Waals surface area (Å²) in [7, 11) is -3.71. The highest BCUT2D eigenvalue weighted by Crippen LogP contribution is 2.57. The van der Waals surface area contributed by atoms with E-state index in [9.17, 15) is 18.3 Å². The minimum Gasteiger partial charge on any atom is -0.508 e. The van der Waals surface area contributed by atoms with Crippen molar-refractivity contribution in [3.05, 3.63) is 35.5 Å². The lowest BCUT2D eigenvalue weighted by Crippen LogP contribution is -2.45. The number of hydrogen-bond acceptors (Lipinski definition) is 9. The fraction of sp³-hybridized carbons (Fsp3) is 0.645. The molecule has 11 nitrogen and oxygen atoms in total. The van der Waals surface area contributed by atoms with Crippen molar-refractivity contribution < 1.29 is 27.8 Å². The van der Waals surface area contributed by atoms with Crippen molar-refractivity contribution in [2.75, 3.05) is 29.9 Å². The van der Waals surface area contributed by atoms with Crippen LogP contribution in [0.15, 0.2) is 29.3 Å². The van der Waals surface area contributed by atoms with Crippen LogP contribution in [0.4, 0.5) is 11.8 Å². The first-order valence-electron chi connectivity index (χ1n) is 15.8. The number of amides is 1. The van der Waals surface area contributed by atoms with Gasteiger partial charge in [0.15, 0.2) is 6.29 Å². The lowest BCUT2D eigenvalue weighted by molar-refractivity contribution is -0.193. The van der Waals surface area contributed by atoms with E-state index < -0.39 is 15.4 Å². The number of fused-ring (bicyclic) bond motifs is 2. The van der Waals surface area contributed by atoms with Gasteiger partial charge >= 0.3 is 0 Å². The fourth-order valence-corrected chi connectivity index (χ4v) is 9.01. The molecule has 2 saturated carbocycles. The van der Waals surface area contributed by atoms with E-state index in [2.05, 4.69) is 10.3 Å². The molecular formula is C31H41N5O6S. The Morgan fingerprint density at radius 1 is 1.09 bits per heavy atom. The molecule has 1 unspecified atom stereocenters. The summed E-state index contributed by atoms with van der Waals surface area (Å²) in [5.41, 5.74) is 1.07. The number of aryl methyl sites for hydroxylation is 1. The van der Waals surface area contributed by atoms with Crippen molar-refractivity contribution in [1.29, 1.82) is 0 Å². The zero-order valence-electron chi connectivity index (χ0n) is 24.7. The quantitative estimate of drug-likeness (QED) is 0.477. The smallest absolute Gasteiger partial charge is 0.243 e. The Morgan fingerprint density at radius 3 is 2.65 bits per heavy atom. The van der Waals surface area contributed by atoms with Crippen LogP contribution in [0, 0.1) is 6.92 Å². The molecule has 1 amide bonds. The summed E-state index contributed by atoms with van der Waals surface area (Å²) >= 11 is 0. The molecule has 4 fully saturated rings. The molecule has 0 bridgehead atoms. The highest BCUT2D eigenvalue weighted by Gasteiger charge is 2.61. The van der Waals surface area contributed by atoms with Gasteiger partial charge in [0, 0.05) is 49.6 Å². The summed E-state index contributed by atoms with van der Waals surface area (Å²) in [5, 5.41) is 13.3. The molecule has 2 saturated heterocycles. The molecule has 3 aliphatic heterocycles. The Kier molecular flexibility index (Phi) is 7.59. The van der Waals surface area contributed by atoms with E-state index in [0.29, 0.717) is 37.4 Å². The molecule has 1 aromatic heterocycles. The number of aromatic hydroxyl groups is 1. The summed E-state index contributed by atoms with van der Waals surface area (Å²) in [4.78, 5) is 25.5. The van der Waals surface area contributed by atoms with Gasteiger partial charge in [-0.1, -0.05) is 6.07 Å². The molecule has 2 N–H and O–H groups in total. The van der Waals surface area contributed by atoms with Crippen LogP contribution in [0.1, 0.15) is 81.8 Å². The fourth-order valence-electron chi connectivity index (χ4n) is 7.29. The van der Waals surface area contributed by atoms with Gasteiger partial charge in [0.05, 0.1) is 16.4 Å². The second-order valence-corrected chi connectivity index (χ2v) is 14.7. The van der Waals surface area contributed by atoms with Gasteiger partial charge in [-0.05, 0) is 89.2 Å². The Hall–Kier alpha value is -2.80. The largest absolute Gasteiger partial charge is 0.508 e. The zero-order chi connectivity index (χ0) is 29.8. The SMILES string of the molecule is Cc1ccc(O)cc1S(=O)(=O)N1CCC(Nc2ncc3c(n2)N([C@@H]2CCC[C@@H](OC4CCCCO4)C2)C(=O)C32CC2)CC1. The lowest BCUT2D eigenvalue weighted by Gasteiger charge is -2.37. The highest BCUT2D eigenvalue weighted by atomic mass is 32.2. The third-order valence-electron chi connectivity index (χ3n) is 9.91. The molecular weight excluding hydrogens is 570 g/mol. The maximum absolute atomic E-state index is 13.8. The number of rotatable bonds is 7. The average molecular weight is 612 g/mol. The van der Waals surface area contributed by atoms with Crippen LogP contribution in [-0.4, -0.2) is 77.9 Å². The number of piperidine rings is 1. The van der Waals surface area contributed by atoms with E-state index in [4.69, 9.17) is 14.5 Å². The van der Waals surface area contributed by atoms with E-state index in [1.807, 2.05) is 11.1 Å². The normalized spacial score (nSPS) is 27.8. The molecule has 3 atom stereocenters. The van der Waals surface area contributed by atoms with Crippen molar-refractivity contribution in [2.45, 2.75) is 112 Å². The molecule has 2 aromatic rings. The molecule has 4 heterocycles. The van der Waals surface area contributed by atoms with Gasteiger partial charge in [0.25, 0.3) is 0 Å². The number of ether oxygens (including phenoxy) is 2. The van der Waals surface area contributed by atoms with Crippen LogP contribution in [0.3, 0.4) is 0 Å². The molecule has 1 aromatic carbocycles. The number of benzene rings is 1. The summed E-state index contributed by atoms with van der Waals surface area (Å²) < 4.78 is 40.2. The monoisotopic (exact) mass is 611 g/mol. The molecule has 12 heteroatoms. The van der Waals surface area contributed by atoms with Crippen LogP contribution in [0.2, 0.25) is 0 Å². The van der Waals surface area contributed by atoms with Crippen LogP contribution < -0.4 is 10.2 Å². The maximum atomic E-state index is 13.8. The number of carbonyl (C=O) groups excluding carboxylic acids is 1. The van der Waals surface area contributed by atoms with E-state index >= 15 is 0 Å². The number of phenols is 1. The maximum Gasteiger partial charge on any atom is 0.243 e. The minimum atomic E-state index is -3.71. The molecule has 0 radical (unpaired) electrons. The number of nitrogens with one attached hydrogen (secondary N) is 1. The van der Waals surface area contributed by atoms with E-state index in [1.54, 1.807) is 13.0 Å². The molecule has 43 heavy (non-hydrogen) atoms. The zero-order valence-corrected chi connectivity index (χ0v) is 25.5. The van der Waals surface area contributed by atoms with Gasteiger partial charge in [-0.25, -0.2) is 13.4 Å². The van der Waals surface area contributed by atoms with Crippen LogP contribution >= 0.6 is 0 Å². The first-order chi connectivity index (χ1) is 20.7. The molecule has 1 spiro atoms. The van der Waals surface area contributed by atoms with Crippen molar-refractivity contribution in [3.8, 4) is 5.75 Å². The second-order valence-electron chi connectivity index (χ2n) is 12.8. The summed E-state index contributed by atoms with van der Waals surface area (Å²) in [6.07, 6.45) is 11.4. The summed E-state index contributed by atoms with van der Waals surface area (Å²) in [6.45, 7) is 3.18. The number of aromatic nitrogens is 2. The Morgan fingerprint density at radius 2 is 1.91 bits per heavy atom. The summed E-state index contributed by atoms with van der Waals surface area (Å²) in [5.74, 6) is 1.27. The third kappa shape index (κ3) is 5.40. The van der Waals surface area contributed by atoms with Gasteiger partial charge in [0.2, 0.25) is 21.9 Å². The van der Waals surface area contributed by atoms with Crippen molar-refractivity contribution >= 4 is 27.7 Å². The number of nitrogens with zero attached hydrogens (tertiary/aromatic N) is 4. The van der Waals surface area contributed by atoms with E-state index in [1.165, 1.54) is 16.4 Å². The van der Waals surface area contributed by atoms with E-state index in [-0.39, 0.29) is 41.0 Å². The Bertz CT molecular complexity index is 1480. The standard InChI is InChI=1S/C31H41N5O6S/c1-20-8-9-23(37)18-26(20)43(39,40)35-14-10-21(11-15-35)33-30-32-19-25-28(34-30)36(29(38)31(25)12-13-31)22-5-4-6-24(17-22)42-27-7-2-3-16-41-27/h8-9,18-19,21-22,24,27,37H,2-7,10-17H2,1H3,(H,32,33,34)/t22-,24-,27?/m1/s1. The van der Waals surface area contributed by atoms with Crippen molar-refractivity contribution in [1.82, 2.24) is 14.3 Å². The third-order valence-corrected chi connectivity index (χ3v) is 12.0. The molecule has 2 aliphatic carbocycles. The van der Waals surface area contributed by atoms with Gasteiger partial charge in [-0.15, -0.1) is 0 Å². The van der Waals surface area contributed by atoms with Gasteiger partial charge in [-0.3, -0.25) is 9.69 Å². The van der Waals surface area contributed by atoms with Crippen LogP contribution in [0.25, 0.3) is 0 Å². The van der Waals surface area contributed by atoms with Crippen LogP contribution in [0.5, 0.6) is 5.75 Å². The first kappa shape index (κ1) is 28.9.